The van der Waals surface area contributed by atoms with E-state index in [1.54, 1.807) is 0 Å². The molecule has 0 aliphatic heterocycles. The average Bonchev–Trinajstić information content (AvgIpc) is 2.91. The van der Waals surface area contributed by atoms with Crippen molar-refractivity contribution in [2.75, 3.05) is 0 Å². The Morgan fingerprint density at radius 3 is 2.55 bits per heavy atom. The summed E-state index contributed by atoms with van der Waals surface area (Å²) in [5, 5.41) is 19.6. The molecule has 3 N–H and O–H groups in total. The Bertz CT molecular complexity index is 589. The molecule has 1 aromatic heterocycles. The molecule has 0 bridgehead atoms. The van der Waals surface area contributed by atoms with Crippen molar-refractivity contribution in [2.24, 2.45) is 0 Å². The van der Waals surface area contributed by atoms with Crippen LogP contribution in [0, 0.1) is 0 Å². The first kappa shape index (κ1) is 16.7. The van der Waals surface area contributed by atoms with E-state index in [1.807, 2.05) is 13.8 Å². The van der Waals surface area contributed by atoms with Gasteiger partial charge in [-0.25, -0.2) is 5.10 Å². The highest BCUT2D eigenvalue weighted by atomic mass is 16.3. The summed E-state index contributed by atoms with van der Waals surface area (Å²) in [5.74, 6) is -0.208. The van der Waals surface area contributed by atoms with Gasteiger partial charge in [-0.15, -0.1) is 0 Å². The van der Waals surface area contributed by atoms with Crippen LogP contribution in [0.5, 0.6) is 0 Å². The Hall–Kier alpha value is -1.69. The Kier molecular flexibility index (Phi) is 5.34. The van der Waals surface area contributed by atoms with Gasteiger partial charge in [0.25, 0.3) is 5.56 Å². The van der Waals surface area contributed by atoms with Gasteiger partial charge in [-0.2, -0.15) is 5.10 Å². The molecule has 0 saturated heterocycles. The van der Waals surface area contributed by atoms with Crippen molar-refractivity contribution in [1.29, 1.82) is 0 Å². The normalized spacial score (nSPS) is 16.7. The minimum atomic E-state index is -0.864. The van der Waals surface area contributed by atoms with Crippen LogP contribution >= 0.6 is 0 Å². The average molecular weight is 307 g/mol. The molecule has 22 heavy (non-hydrogen) atoms. The number of H-pyrrole nitrogens is 1. The zero-order chi connectivity index (χ0) is 16.2. The van der Waals surface area contributed by atoms with Crippen LogP contribution in [0.25, 0.3) is 0 Å². The Labute approximate surface area is 130 Å². The fraction of sp³-hybridized carbons (Fsp3) is 0.688. The van der Waals surface area contributed by atoms with Gasteiger partial charge >= 0.3 is 0 Å². The van der Waals surface area contributed by atoms with E-state index in [-0.39, 0.29) is 24.4 Å². The van der Waals surface area contributed by atoms with Gasteiger partial charge < -0.3 is 10.4 Å². The second kappa shape index (κ2) is 7.05. The minimum Gasteiger partial charge on any atom is -0.389 e. The number of aromatic nitrogens is 2. The maximum Gasteiger partial charge on any atom is 0.269 e. The number of rotatable bonds is 6. The number of carbonyl (C=O) groups excluding carboxylic acids is 1. The summed E-state index contributed by atoms with van der Waals surface area (Å²) in [7, 11) is 0. The number of amides is 1. The van der Waals surface area contributed by atoms with Crippen molar-refractivity contribution < 1.29 is 9.90 Å². The van der Waals surface area contributed by atoms with E-state index in [0.29, 0.717) is 24.8 Å². The van der Waals surface area contributed by atoms with Crippen molar-refractivity contribution in [3.05, 3.63) is 27.2 Å². The van der Waals surface area contributed by atoms with Gasteiger partial charge in [-0.3, -0.25) is 9.59 Å². The van der Waals surface area contributed by atoms with E-state index in [2.05, 4.69) is 15.5 Å². The van der Waals surface area contributed by atoms with E-state index in [4.69, 9.17) is 0 Å². The van der Waals surface area contributed by atoms with Crippen molar-refractivity contribution in [3.63, 3.8) is 0 Å². The predicted molar refractivity (Wildman–Crippen MR) is 83.5 cm³/mol. The topological polar surface area (TPSA) is 95.1 Å². The molecule has 0 spiro atoms. The van der Waals surface area contributed by atoms with Crippen LogP contribution in [0.3, 0.4) is 0 Å². The lowest BCUT2D eigenvalue weighted by molar-refractivity contribution is -0.126. The Balaban J connectivity index is 2.05. The summed E-state index contributed by atoms with van der Waals surface area (Å²) in [4.78, 5) is 24.0. The van der Waals surface area contributed by atoms with Crippen LogP contribution in [0.2, 0.25) is 0 Å². The number of aromatic amines is 1. The molecule has 1 fully saturated rings. The third-order valence-electron chi connectivity index (χ3n) is 4.45. The van der Waals surface area contributed by atoms with Crippen molar-refractivity contribution in [3.8, 4) is 0 Å². The van der Waals surface area contributed by atoms with E-state index in [9.17, 15) is 14.7 Å². The maximum atomic E-state index is 12.0. The molecule has 0 radical (unpaired) electrons. The van der Waals surface area contributed by atoms with E-state index < -0.39 is 5.60 Å². The first-order chi connectivity index (χ1) is 10.5. The molecular weight excluding hydrogens is 282 g/mol. The summed E-state index contributed by atoms with van der Waals surface area (Å²) in [6, 6.07) is 0. The molecule has 1 aliphatic rings. The van der Waals surface area contributed by atoms with E-state index >= 15 is 0 Å². The second-order valence-electron chi connectivity index (χ2n) is 6.05. The van der Waals surface area contributed by atoms with Crippen LogP contribution < -0.4 is 10.9 Å². The van der Waals surface area contributed by atoms with E-state index in [0.717, 1.165) is 30.5 Å². The summed E-state index contributed by atoms with van der Waals surface area (Å²) in [5.41, 5.74) is 1.22. The lowest BCUT2D eigenvalue weighted by Gasteiger charge is -2.21. The molecule has 1 aromatic rings. The fourth-order valence-electron chi connectivity index (χ4n) is 3.22. The highest BCUT2D eigenvalue weighted by molar-refractivity contribution is 5.77. The molecule has 0 aromatic carbocycles. The molecule has 2 rings (SSSR count). The van der Waals surface area contributed by atoms with Gasteiger partial charge in [-0.1, -0.05) is 26.7 Å². The van der Waals surface area contributed by atoms with Gasteiger partial charge in [0.1, 0.15) is 0 Å². The number of nitrogens with zero attached hydrogens (tertiary/aromatic N) is 1. The van der Waals surface area contributed by atoms with Crippen LogP contribution in [-0.4, -0.2) is 26.8 Å². The molecule has 1 amide bonds. The molecule has 122 valence electrons. The van der Waals surface area contributed by atoms with Gasteiger partial charge in [0, 0.05) is 12.1 Å². The summed E-state index contributed by atoms with van der Waals surface area (Å²) in [6.07, 6.45) is 4.84. The van der Waals surface area contributed by atoms with Crippen molar-refractivity contribution >= 4 is 5.91 Å². The highest BCUT2D eigenvalue weighted by Gasteiger charge is 2.33. The van der Waals surface area contributed by atoms with Gasteiger partial charge in [-0.05, 0) is 31.2 Å². The standard InChI is InChI=1S/C16H25N3O3/c1-3-11-12(15(21)19-18-13(11)4-2)10-17-14(20)9-16(22)7-5-6-8-16/h22H,3-10H2,1-2H3,(H,17,20)(H,19,21). The Morgan fingerprint density at radius 2 is 1.95 bits per heavy atom. The molecule has 1 heterocycles. The number of carbonyl (C=O) groups is 1. The Morgan fingerprint density at radius 1 is 1.27 bits per heavy atom. The third kappa shape index (κ3) is 3.74. The van der Waals surface area contributed by atoms with Crippen LogP contribution in [0.15, 0.2) is 4.79 Å². The smallest absolute Gasteiger partial charge is 0.269 e. The highest BCUT2D eigenvalue weighted by Crippen LogP contribution is 2.32. The second-order valence-corrected chi connectivity index (χ2v) is 6.05. The van der Waals surface area contributed by atoms with Crippen LogP contribution in [-0.2, 0) is 24.2 Å². The number of nitrogens with one attached hydrogen (secondary N) is 2. The first-order valence-corrected chi connectivity index (χ1v) is 8.07. The number of hydrogen-bond donors (Lipinski definition) is 3. The maximum absolute atomic E-state index is 12.0. The zero-order valence-electron chi connectivity index (χ0n) is 13.4. The summed E-state index contributed by atoms with van der Waals surface area (Å²) < 4.78 is 0. The van der Waals surface area contributed by atoms with Gasteiger partial charge in [0.2, 0.25) is 5.91 Å². The van der Waals surface area contributed by atoms with Crippen molar-refractivity contribution in [1.82, 2.24) is 15.5 Å². The number of hydrogen-bond acceptors (Lipinski definition) is 4. The lowest BCUT2D eigenvalue weighted by Crippen LogP contribution is -2.36. The number of aryl methyl sites for hydroxylation is 1. The zero-order valence-corrected chi connectivity index (χ0v) is 13.4. The first-order valence-electron chi connectivity index (χ1n) is 8.07. The molecule has 0 unspecified atom stereocenters. The molecule has 6 nitrogen and oxygen atoms in total. The summed E-state index contributed by atoms with van der Waals surface area (Å²) >= 11 is 0. The van der Waals surface area contributed by atoms with Crippen LogP contribution in [0.1, 0.15) is 62.8 Å². The molecule has 1 aliphatic carbocycles. The summed E-state index contributed by atoms with van der Waals surface area (Å²) in [6.45, 7) is 4.14. The quantitative estimate of drug-likeness (QED) is 0.736. The minimum absolute atomic E-state index is 0.109. The number of aliphatic hydroxyl groups is 1. The third-order valence-corrected chi connectivity index (χ3v) is 4.45. The fourth-order valence-corrected chi connectivity index (χ4v) is 3.22. The molecular formula is C16H25N3O3. The van der Waals surface area contributed by atoms with Gasteiger partial charge in [0.15, 0.2) is 0 Å². The van der Waals surface area contributed by atoms with Crippen molar-refractivity contribution in [2.45, 2.75) is 70.9 Å². The lowest BCUT2D eigenvalue weighted by atomic mass is 9.97. The largest absolute Gasteiger partial charge is 0.389 e. The molecule has 1 saturated carbocycles. The molecule has 6 heteroatoms. The molecule has 0 atom stereocenters. The van der Waals surface area contributed by atoms with Gasteiger partial charge in [0.05, 0.1) is 17.7 Å². The monoisotopic (exact) mass is 307 g/mol. The van der Waals surface area contributed by atoms with Crippen LogP contribution in [0.4, 0.5) is 0 Å². The predicted octanol–water partition coefficient (Wildman–Crippen LogP) is 1.21. The SMILES string of the molecule is CCc1n[nH]c(=O)c(CNC(=O)CC2(O)CCCC2)c1CC. The van der Waals surface area contributed by atoms with E-state index in [1.165, 1.54) is 0 Å².